The number of hydrogen-bond donors (Lipinski definition) is 1. The molecule has 3 nitrogen and oxygen atoms in total. The highest BCUT2D eigenvalue weighted by molar-refractivity contribution is 9.10. The summed E-state index contributed by atoms with van der Waals surface area (Å²) in [6.07, 6.45) is 0. The van der Waals surface area contributed by atoms with Crippen LogP contribution in [0, 0.1) is 6.92 Å². The van der Waals surface area contributed by atoms with Gasteiger partial charge in [-0.15, -0.1) is 0 Å². The minimum absolute atomic E-state index is 0.427. The molecule has 0 fully saturated rings. The Balaban J connectivity index is 2.23. The first-order chi connectivity index (χ1) is 9.51. The summed E-state index contributed by atoms with van der Waals surface area (Å²) >= 11 is 3.43. The fourth-order valence-electron chi connectivity index (χ4n) is 1.87. The standard InChI is InChI=1S/C15H16BrNO2S/c1-10-3-5-13(17)15(7-10)20(18)9-11-4-6-14(19-2)12(16)8-11/h3-8H,9,17H2,1-2H3. The van der Waals surface area contributed by atoms with Crippen LogP contribution in [0.5, 0.6) is 5.75 Å². The summed E-state index contributed by atoms with van der Waals surface area (Å²) in [5.74, 6) is 1.19. The summed E-state index contributed by atoms with van der Waals surface area (Å²) in [4.78, 5) is 0.692. The van der Waals surface area contributed by atoms with Crippen LogP contribution in [0.25, 0.3) is 0 Å². The van der Waals surface area contributed by atoms with Gasteiger partial charge in [-0.05, 0) is 58.2 Å². The van der Waals surface area contributed by atoms with E-state index in [1.807, 2.05) is 37.3 Å². The summed E-state index contributed by atoms with van der Waals surface area (Å²) in [7, 11) is 0.457. The lowest BCUT2D eigenvalue weighted by atomic mass is 10.2. The van der Waals surface area contributed by atoms with Crippen LogP contribution in [0.2, 0.25) is 0 Å². The molecule has 0 bridgehead atoms. The smallest absolute Gasteiger partial charge is 0.133 e. The maximum Gasteiger partial charge on any atom is 0.133 e. The van der Waals surface area contributed by atoms with Gasteiger partial charge in [-0.3, -0.25) is 4.21 Å². The maximum atomic E-state index is 12.4. The molecule has 2 N–H and O–H groups in total. The molecule has 0 aliphatic rings. The number of aryl methyl sites for hydroxylation is 1. The SMILES string of the molecule is COc1ccc(CS(=O)c2cc(C)ccc2N)cc1Br. The van der Waals surface area contributed by atoms with Gasteiger partial charge < -0.3 is 10.5 Å². The number of nitrogen functional groups attached to an aromatic ring is 1. The number of ether oxygens (including phenoxy) is 1. The lowest BCUT2D eigenvalue weighted by Gasteiger charge is -2.09. The van der Waals surface area contributed by atoms with Gasteiger partial charge in [0.25, 0.3) is 0 Å². The average Bonchev–Trinajstić information content (AvgIpc) is 2.41. The molecule has 0 amide bonds. The molecule has 0 aliphatic carbocycles. The van der Waals surface area contributed by atoms with Crippen molar-refractivity contribution in [2.75, 3.05) is 12.8 Å². The topological polar surface area (TPSA) is 52.3 Å². The second-order valence-electron chi connectivity index (χ2n) is 4.50. The molecule has 0 aromatic heterocycles. The zero-order chi connectivity index (χ0) is 14.7. The quantitative estimate of drug-likeness (QED) is 0.853. The van der Waals surface area contributed by atoms with Crippen LogP contribution < -0.4 is 10.5 Å². The first-order valence-corrected chi connectivity index (χ1v) is 8.19. The molecule has 0 radical (unpaired) electrons. The monoisotopic (exact) mass is 353 g/mol. The summed E-state index contributed by atoms with van der Waals surface area (Å²) in [6.45, 7) is 1.96. The lowest BCUT2D eigenvalue weighted by molar-refractivity contribution is 0.412. The minimum Gasteiger partial charge on any atom is -0.496 e. The van der Waals surface area contributed by atoms with Crippen molar-refractivity contribution in [3.05, 3.63) is 52.0 Å². The van der Waals surface area contributed by atoms with E-state index in [9.17, 15) is 4.21 Å². The first kappa shape index (κ1) is 15.1. The Morgan fingerprint density at radius 3 is 2.65 bits per heavy atom. The molecule has 2 rings (SSSR count). The van der Waals surface area contributed by atoms with Crippen molar-refractivity contribution in [2.45, 2.75) is 17.6 Å². The Morgan fingerprint density at radius 1 is 1.25 bits per heavy atom. The van der Waals surface area contributed by atoms with Gasteiger partial charge in [0.1, 0.15) is 5.75 Å². The molecule has 1 unspecified atom stereocenters. The third-order valence-electron chi connectivity index (χ3n) is 2.93. The van der Waals surface area contributed by atoms with E-state index in [-0.39, 0.29) is 0 Å². The van der Waals surface area contributed by atoms with E-state index in [4.69, 9.17) is 10.5 Å². The van der Waals surface area contributed by atoms with Crippen LogP contribution in [-0.4, -0.2) is 11.3 Å². The molecule has 106 valence electrons. The number of benzene rings is 2. The second-order valence-corrected chi connectivity index (χ2v) is 6.77. The van der Waals surface area contributed by atoms with E-state index in [0.717, 1.165) is 21.3 Å². The van der Waals surface area contributed by atoms with Gasteiger partial charge in [0.05, 0.1) is 33.0 Å². The largest absolute Gasteiger partial charge is 0.496 e. The Kier molecular flexibility index (Phi) is 4.83. The molecule has 20 heavy (non-hydrogen) atoms. The van der Waals surface area contributed by atoms with E-state index >= 15 is 0 Å². The molecule has 2 aromatic rings. The highest BCUT2D eigenvalue weighted by Crippen LogP contribution is 2.27. The molecular weight excluding hydrogens is 338 g/mol. The van der Waals surface area contributed by atoms with Crippen molar-refractivity contribution in [2.24, 2.45) is 0 Å². The molecular formula is C15H16BrNO2S. The maximum absolute atomic E-state index is 12.4. The molecule has 0 saturated heterocycles. The lowest BCUT2D eigenvalue weighted by Crippen LogP contribution is -2.01. The fourth-order valence-corrected chi connectivity index (χ4v) is 3.74. The summed E-state index contributed by atoms with van der Waals surface area (Å²) < 4.78 is 18.5. The van der Waals surface area contributed by atoms with Gasteiger partial charge in [0.2, 0.25) is 0 Å². The van der Waals surface area contributed by atoms with E-state index in [2.05, 4.69) is 15.9 Å². The molecule has 5 heteroatoms. The molecule has 0 spiro atoms. The Bertz CT molecular complexity index is 658. The van der Waals surface area contributed by atoms with Gasteiger partial charge in [-0.2, -0.15) is 0 Å². The van der Waals surface area contributed by atoms with Gasteiger partial charge >= 0.3 is 0 Å². The van der Waals surface area contributed by atoms with E-state index in [1.165, 1.54) is 0 Å². The predicted octanol–water partition coefficient (Wildman–Crippen LogP) is 3.66. The van der Waals surface area contributed by atoms with Gasteiger partial charge in [0.15, 0.2) is 0 Å². The zero-order valence-corrected chi connectivity index (χ0v) is 13.8. The number of anilines is 1. The van der Waals surface area contributed by atoms with Crippen molar-refractivity contribution >= 4 is 32.4 Å². The van der Waals surface area contributed by atoms with Gasteiger partial charge in [-0.1, -0.05) is 12.1 Å². The van der Waals surface area contributed by atoms with Crippen molar-refractivity contribution in [1.29, 1.82) is 0 Å². The molecule has 0 aliphatic heterocycles. The van der Waals surface area contributed by atoms with Crippen LogP contribution in [0.4, 0.5) is 5.69 Å². The highest BCUT2D eigenvalue weighted by atomic mass is 79.9. The normalized spacial score (nSPS) is 12.2. The summed E-state index contributed by atoms with van der Waals surface area (Å²) in [5.41, 5.74) is 8.49. The third kappa shape index (κ3) is 3.41. The van der Waals surface area contributed by atoms with E-state index in [1.54, 1.807) is 13.2 Å². The van der Waals surface area contributed by atoms with Gasteiger partial charge in [-0.25, -0.2) is 0 Å². The minimum atomic E-state index is -1.16. The van der Waals surface area contributed by atoms with E-state index < -0.39 is 10.8 Å². The zero-order valence-electron chi connectivity index (χ0n) is 11.4. The molecule has 1 atom stereocenters. The Morgan fingerprint density at radius 2 is 2.00 bits per heavy atom. The molecule has 0 saturated carbocycles. The Labute approximate surface area is 129 Å². The highest BCUT2D eigenvalue weighted by Gasteiger charge is 2.10. The van der Waals surface area contributed by atoms with Crippen molar-refractivity contribution in [1.82, 2.24) is 0 Å². The number of hydrogen-bond acceptors (Lipinski definition) is 3. The fraction of sp³-hybridized carbons (Fsp3) is 0.200. The van der Waals surface area contributed by atoms with Crippen molar-refractivity contribution < 1.29 is 8.95 Å². The number of rotatable bonds is 4. The summed E-state index contributed by atoms with van der Waals surface area (Å²) in [6, 6.07) is 11.3. The van der Waals surface area contributed by atoms with E-state index in [0.29, 0.717) is 16.3 Å². The van der Waals surface area contributed by atoms with Crippen LogP contribution in [0.3, 0.4) is 0 Å². The number of halogens is 1. The number of methoxy groups -OCH3 is 1. The van der Waals surface area contributed by atoms with Crippen LogP contribution in [-0.2, 0) is 16.6 Å². The first-order valence-electron chi connectivity index (χ1n) is 6.08. The summed E-state index contributed by atoms with van der Waals surface area (Å²) in [5, 5.41) is 0. The van der Waals surface area contributed by atoms with Crippen LogP contribution >= 0.6 is 15.9 Å². The molecule has 0 heterocycles. The third-order valence-corrected chi connectivity index (χ3v) is 4.99. The van der Waals surface area contributed by atoms with Crippen molar-refractivity contribution in [3.8, 4) is 5.75 Å². The molecule has 2 aromatic carbocycles. The average molecular weight is 354 g/mol. The van der Waals surface area contributed by atoms with Crippen LogP contribution in [0.15, 0.2) is 45.8 Å². The van der Waals surface area contributed by atoms with Crippen LogP contribution in [0.1, 0.15) is 11.1 Å². The Hall–Kier alpha value is -1.33. The number of nitrogens with two attached hydrogens (primary N) is 1. The van der Waals surface area contributed by atoms with Crippen molar-refractivity contribution in [3.63, 3.8) is 0 Å². The van der Waals surface area contributed by atoms with Gasteiger partial charge in [0, 0.05) is 5.69 Å². The second kappa shape index (κ2) is 6.41. The predicted molar refractivity (Wildman–Crippen MR) is 86.4 cm³/mol.